The highest BCUT2D eigenvalue weighted by atomic mass is 16.5. The van der Waals surface area contributed by atoms with Crippen LogP contribution >= 0.6 is 0 Å². The molecule has 0 N–H and O–H groups in total. The van der Waals surface area contributed by atoms with Crippen molar-refractivity contribution < 1.29 is 9.53 Å². The van der Waals surface area contributed by atoms with Crippen LogP contribution in [0, 0.1) is 11.8 Å². The lowest BCUT2D eigenvalue weighted by molar-refractivity contribution is -0.125. The average Bonchev–Trinajstić information content (AvgIpc) is 2.18. The summed E-state index contributed by atoms with van der Waals surface area (Å²) < 4.78 is 5.12. The summed E-state index contributed by atoms with van der Waals surface area (Å²) >= 11 is 0. The van der Waals surface area contributed by atoms with Gasteiger partial charge in [0.1, 0.15) is 6.61 Å². The van der Waals surface area contributed by atoms with Crippen LogP contribution in [0.25, 0.3) is 0 Å². The van der Waals surface area contributed by atoms with E-state index in [1.54, 1.807) is 0 Å². The Labute approximate surface area is 87.0 Å². The predicted octanol–water partition coefficient (Wildman–Crippen LogP) is 2.81. The van der Waals surface area contributed by atoms with Gasteiger partial charge in [-0.25, -0.2) is 0 Å². The van der Waals surface area contributed by atoms with E-state index < -0.39 is 0 Å². The van der Waals surface area contributed by atoms with Crippen molar-refractivity contribution in [1.82, 2.24) is 0 Å². The first-order valence-corrected chi connectivity index (χ1v) is 5.83. The highest BCUT2D eigenvalue weighted by molar-refractivity contribution is 5.79. The lowest BCUT2D eigenvalue weighted by Gasteiger charge is -2.28. The minimum Gasteiger partial charge on any atom is -0.374 e. The van der Waals surface area contributed by atoms with Gasteiger partial charge in [-0.15, -0.1) is 0 Å². The van der Waals surface area contributed by atoms with E-state index in [0.717, 1.165) is 12.3 Å². The standard InChI is InChI=1S/C12H22O2/c1-3-14-9-12(13)8-11-7-5-4-6-10(11)2/h10-11H,3-9H2,1-2H3. The van der Waals surface area contributed by atoms with Gasteiger partial charge in [0, 0.05) is 13.0 Å². The van der Waals surface area contributed by atoms with Crippen molar-refractivity contribution in [3.05, 3.63) is 0 Å². The summed E-state index contributed by atoms with van der Waals surface area (Å²) in [6.45, 7) is 5.17. The van der Waals surface area contributed by atoms with Crippen LogP contribution in [0.3, 0.4) is 0 Å². The van der Waals surface area contributed by atoms with Crippen LogP contribution in [0.5, 0.6) is 0 Å². The third-order valence-electron chi connectivity index (χ3n) is 3.25. The molecule has 82 valence electrons. The molecule has 1 rings (SSSR count). The van der Waals surface area contributed by atoms with Crippen LogP contribution in [-0.4, -0.2) is 19.0 Å². The molecule has 0 aromatic carbocycles. The number of hydrogen-bond acceptors (Lipinski definition) is 2. The molecule has 0 saturated heterocycles. The van der Waals surface area contributed by atoms with E-state index in [1.807, 2.05) is 6.92 Å². The fourth-order valence-electron chi connectivity index (χ4n) is 2.26. The first-order valence-electron chi connectivity index (χ1n) is 5.83. The SMILES string of the molecule is CCOCC(=O)CC1CCCCC1C. The smallest absolute Gasteiger partial charge is 0.158 e. The minimum atomic E-state index is 0.283. The van der Waals surface area contributed by atoms with Gasteiger partial charge in [-0.3, -0.25) is 4.79 Å². The van der Waals surface area contributed by atoms with Gasteiger partial charge in [0.25, 0.3) is 0 Å². The van der Waals surface area contributed by atoms with Crippen LogP contribution < -0.4 is 0 Å². The van der Waals surface area contributed by atoms with E-state index in [2.05, 4.69) is 6.92 Å². The fraction of sp³-hybridized carbons (Fsp3) is 0.917. The van der Waals surface area contributed by atoms with Crippen molar-refractivity contribution in [3.8, 4) is 0 Å². The molecule has 1 saturated carbocycles. The normalized spacial score (nSPS) is 27.6. The van der Waals surface area contributed by atoms with E-state index in [9.17, 15) is 4.79 Å². The summed E-state index contributed by atoms with van der Waals surface area (Å²) in [5.74, 6) is 1.64. The molecule has 14 heavy (non-hydrogen) atoms. The molecule has 0 heterocycles. The van der Waals surface area contributed by atoms with Gasteiger partial charge < -0.3 is 4.74 Å². The lowest BCUT2D eigenvalue weighted by Crippen LogP contribution is -2.22. The average molecular weight is 198 g/mol. The van der Waals surface area contributed by atoms with E-state index in [-0.39, 0.29) is 5.78 Å². The second kappa shape index (κ2) is 6.18. The van der Waals surface area contributed by atoms with Gasteiger partial charge in [-0.2, -0.15) is 0 Å². The maximum Gasteiger partial charge on any atom is 0.158 e. The zero-order valence-corrected chi connectivity index (χ0v) is 9.42. The van der Waals surface area contributed by atoms with Gasteiger partial charge in [0.05, 0.1) is 0 Å². The Morgan fingerprint density at radius 1 is 1.36 bits per heavy atom. The summed E-state index contributed by atoms with van der Waals surface area (Å²) in [7, 11) is 0. The number of ketones is 1. The van der Waals surface area contributed by atoms with Crippen molar-refractivity contribution in [2.24, 2.45) is 11.8 Å². The summed E-state index contributed by atoms with van der Waals surface area (Å²) in [5, 5.41) is 0. The molecule has 0 radical (unpaired) electrons. The third kappa shape index (κ3) is 3.79. The summed E-state index contributed by atoms with van der Waals surface area (Å²) in [4.78, 5) is 11.5. The highest BCUT2D eigenvalue weighted by Gasteiger charge is 2.23. The lowest BCUT2D eigenvalue weighted by atomic mass is 9.78. The van der Waals surface area contributed by atoms with Crippen LogP contribution in [0.2, 0.25) is 0 Å². The molecule has 0 amide bonds. The molecule has 0 aromatic rings. The van der Waals surface area contributed by atoms with Crippen LogP contribution in [0.15, 0.2) is 0 Å². The maximum atomic E-state index is 11.5. The number of rotatable bonds is 5. The molecular weight excluding hydrogens is 176 g/mol. The predicted molar refractivity (Wildman–Crippen MR) is 57.2 cm³/mol. The van der Waals surface area contributed by atoms with Crippen molar-refractivity contribution in [2.45, 2.75) is 46.0 Å². The van der Waals surface area contributed by atoms with Crippen molar-refractivity contribution in [1.29, 1.82) is 0 Å². The van der Waals surface area contributed by atoms with Crippen molar-refractivity contribution in [3.63, 3.8) is 0 Å². The van der Waals surface area contributed by atoms with Gasteiger partial charge in [-0.05, 0) is 25.2 Å². The number of Topliss-reactive ketones (excluding diaryl/α,β-unsaturated/α-hetero) is 1. The first kappa shape index (κ1) is 11.7. The Hall–Kier alpha value is -0.370. The van der Waals surface area contributed by atoms with E-state index in [4.69, 9.17) is 4.74 Å². The number of carbonyl (C=O) groups excluding carboxylic acids is 1. The van der Waals surface area contributed by atoms with Gasteiger partial charge in [-0.1, -0.05) is 26.2 Å². The highest BCUT2D eigenvalue weighted by Crippen LogP contribution is 2.31. The monoisotopic (exact) mass is 198 g/mol. The number of ether oxygens (including phenoxy) is 1. The zero-order valence-electron chi connectivity index (χ0n) is 9.42. The van der Waals surface area contributed by atoms with Crippen LogP contribution in [0.1, 0.15) is 46.0 Å². The van der Waals surface area contributed by atoms with E-state index in [1.165, 1.54) is 25.7 Å². The molecule has 0 aliphatic heterocycles. The molecule has 1 aliphatic carbocycles. The second-order valence-corrected chi connectivity index (χ2v) is 4.40. The minimum absolute atomic E-state index is 0.283. The summed E-state index contributed by atoms with van der Waals surface area (Å²) in [6, 6.07) is 0. The fourth-order valence-corrected chi connectivity index (χ4v) is 2.26. The maximum absolute atomic E-state index is 11.5. The largest absolute Gasteiger partial charge is 0.374 e. The Morgan fingerprint density at radius 2 is 2.07 bits per heavy atom. The quantitative estimate of drug-likeness (QED) is 0.679. The first-order chi connectivity index (χ1) is 6.74. The molecular formula is C12H22O2. The molecule has 0 bridgehead atoms. The second-order valence-electron chi connectivity index (χ2n) is 4.40. The van der Waals surface area contributed by atoms with Crippen LogP contribution in [0.4, 0.5) is 0 Å². The topological polar surface area (TPSA) is 26.3 Å². The summed E-state index contributed by atoms with van der Waals surface area (Å²) in [6.07, 6.45) is 5.92. The van der Waals surface area contributed by atoms with Crippen molar-refractivity contribution in [2.75, 3.05) is 13.2 Å². The molecule has 2 heteroatoms. The zero-order chi connectivity index (χ0) is 10.4. The van der Waals surface area contributed by atoms with Gasteiger partial charge >= 0.3 is 0 Å². The third-order valence-corrected chi connectivity index (χ3v) is 3.25. The molecule has 0 aromatic heterocycles. The van der Waals surface area contributed by atoms with Crippen LogP contribution in [-0.2, 0) is 9.53 Å². The summed E-state index contributed by atoms with van der Waals surface area (Å²) in [5.41, 5.74) is 0. The van der Waals surface area contributed by atoms with E-state index in [0.29, 0.717) is 19.1 Å². The Morgan fingerprint density at radius 3 is 2.71 bits per heavy atom. The van der Waals surface area contributed by atoms with Gasteiger partial charge in [0.2, 0.25) is 0 Å². The molecule has 2 unspecified atom stereocenters. The number of hydrogen-bond donors (Lipinski definition) is 0. The Balaban J connectivity index is 2.23. The van der Waals surface area contributed by atoms with Gasteiger partial charge in [0.15, 0.2) is 5.78 Å². The van der Waals surface area contributed by atoms with Crippen molar-refractivity contribution >= 4 is 5.78 Å². The molecule has 1 fully saturated rings. The molecule has 2 nitrogen and oxygen atoms in total. The van der Waals surface area contributed by atoms with E-state index >= 15 is 0 Å². The molecule has 1 aliphatic rings. The molecule has 0 spiro atoms. The Kier molecular flexibility index (Phi) is 5.16. The number of carbonyl (C=O) groups is 1. The molecule has 2 atom stereocenters. The Bertz CT molecular complexity index is 177.